The molecule has 1 saturated carbocycles. The molecule has 0 bridgehead atoms. The Balaban J connectivity index is 1.51. The average Bonchev–Trinajstić information content (AvgIpc) is 3.24. The molecule has 138 valence electrons. The normalized spacial score (nSPS) is 29.1. The van der Waals surface area contributed by atoms with Crippen molar-refractivity contribution in [3.05, 3.63) is 0 Å². The van der Waals surface area contributed by atoms with Crippen LogP contribution in [0.1, 0.15) is 38.5 Å². The van der Waals surface area contributed by atoms with Gasteiger partial charge in [-0.2, -0.15) is 0 Å². The summed E-state index contributed by atoms with van der Waals surface area (Å²) in [5.74, 6) is 1.30. The van der Waals surface area contributed by atoms with Crippen molar-refractivity contribution in [3.63, 3.8) is 0 Å². The molecule has 0 unspecified atom stereocenters. The molecule has 3 rings (SSSR count). The number of nitrogens with zero attached hydrogens (tertiary/aromatic N) is 3. The molecule has 0 aromatic rings. The van der Waals surface area contributed by atoms with Crippen LogP contribution in [0.4, 0.5) is 0 Å². The van der Waals surface area contributed by atoms with Crippen LogP contribution in [0.5, 0.6) is 0 Å². The van der Waals surface area contributed by atoms with Gasteiger partial charge in [0.2, 0.25) is 15.9 Å². The Kier molecular flexibility index (Phi) is 5.23. The van der Waals surface area contributed by atoms with Crippen LogP contribution in [-0.4, -0.2) is 81.0 Å². The van der Waals surface area contributed by atoms with E-state index in [-0.39, 0.29) is 11.2 Å². The molecule has 6 nitrogen and oxygen atoms in total. The molecule has 1 spiro atoms. The molecule has 0 N–H and O–H groups in total. The highest BCUT2D eigenvalue weighted by molar-refractivity contribution is 7.89. The maximum absolute atomic E-state index is 13.0. The fraction of sp³-hybridized carbons (Fsp3) is 0.941. The van der Waals surface area contributed by atoms with Gasteiger partial charge in [0, 0.05) is 33.7 Å². The number of rotatable bonds is 7. The van der Waals surface area contributed by atoms with Crippen molar-refractivity contribution in [1.82, 2.24) is 14.1 Å². The molecule has 2 aliphatic heterocycles. The van der Waals surface area contributed by atoms with Crippen LogP contribution in [0.25, 0.3) is 0 Å². The first-order chi connectivity index (χ1) is 11.3. The molecule has 0 radical (unpaired) electrons. The summed E-state index contributed by atoms with van der Waals surface area (Å²) < 4.78 is 25.0. The van der Waals surface area contributed by atoms with E-state index in [2.05, 4.69) is 9.80 Å². The molecule has 0 aromatic heterocycles. The predicted octanol–water partition coefficient (Wildman–Crippen LogP) is 0.992. The van der Waals surface area contributed by atoms with Gasteiger partial charge in [-0.3, -0.25) is 4.79 Å². The van der Waals surface area contributed by atoms with Gasteiger partial charge in [-0.1, -0.05) is 0 Å². The highest BCUT2D eigenvalue weighted by Gasteiger charge is 2.48. The average molecular weight is 358 g/mol. The molecule has 24 heavy (non-hydrogen) atoms. The number of hydrogen-bond donors (Lipinski definition) is 0. The minimum atomic E-state index is -3.12. The molecule has 1 amide bonds. The second-order valence-corrected chi connectivity index (χ2v) is 10.4. The van der Waals surface area contributed by atoms with Gasteiger partial charge in [0.15, 0.2) is 0 Å². The van der Waals surface area contributed by atoms with E-state index in [4.69, 9.17) is 0 Å². The highest BCUT2D eigenvalue weighted by atomic mass is 32.2. The standard InChI is InChI=1S/C17H31N3O3S/c1-18(2)24(22,23)12-4-9-19-11-8-17(14-19)7-3-10-20(16(17)21)13-15-5-6-15/h15H,3-14H2,1-2H3/t17-/m1/s1. The third-order valence-corrected chi connectivity index (χ3v) is 7.78. The van der Waals surface area contributed by atoms with Crippen LogP contribution < -0.4 is 0 Å². The Hall–Kier alpha value is -0.660. The summed E-state index contributed by atoms with van der Waals surface area (Å²) in [4.78, 5) is 17.4. The quantitative estimate of drug-likeness (QED) is 0.682. The summed E-state index contributed by atoms with van der Waals surface area (Å²) in [6.45, 7) is 4.39. The molecular weight excluding hydrogens is 326 g/mol. The largest absolute Gasteiger partial charge is 0.342 e. The minimum absolute atomic E-state index is 0.186. The van der Waals surface area contributed by atoms with Gasteiger partial charge in [0.1, 0.15) is 0 Å². The van der Waals surface area contributed by atoms with E-state index in [9.17, 15) is 13.2 Å². The van der Waals surface area contributed by atoms with E-state index < -0.39 is 10.0 Å². The van der Waals surface area contributed by atoms with Crippen LogP contribution in [0.3, 0.4) is 0 Å². The number of amides is 1. The number of likely N-dealkylation sites (tertiary alicyclic amines) is 2. The van der Waals surface area contributed by atoms with Crippen LogP contribution in [0.15, 0.2) is 0 Å². The lowest BCUT2D eigenvalue weighted by Crippen LogP contribution is -2.50. The topological polar surface area (TPSA) is 60.9 Å². The Bertz CT molecular complexity index is 574. The van der Waals surface area contributed by atoms with Gasteiger partial charge in [0.25, 0.3) is 0 Å². The second kappa shape index (κ2) is 6.92. The number of piperidine rings is 1. The first-order valence-corrected chi connectivity index (χ1v) is 10.9. The molecule has 3 aliphatic rings. The first-order valence-electron chi connectivity index (χ1n) is 9.24. The number of sulfonamides is 1. The number of hydrogen-bond acceptors (Lipinski definition) is 4. The minimum Gasteiger partial charge on any atom is -0.342 e. The third kappa shape index (κ3) is 3.94. The van der Waals surface area contributed by atoms with E-state index in [0.717, 1.165) is 57.9 Å². The lowest BCUT2D eigenvalue weighted by molar-refractivity contribution is -0.145. The van der Waals surface area contributed by atoms with Gasteiger partial charge in [-0.25, -0.2) is 12.7 Å². The smallest absolute Gasteiger partial charge is 0.230 e. The van der Waals surface area contributed by atoms with Crippen molar-refractivity contribution in [3.8, 4) is 0 Å². The summed E-state index contributed by atoms with van der Waals surface area (Å²) in [5.41, 5.74) is -0.187. The van der Waals surface area contributed by atoms with Crippen LogP contribution >= 0.6 is 0 Å². The zero-order chi connectivity index (χ0) is 17.4. The summed E-state index contributed by atoms with van der Waals surface area (Å²) in [6, 6.07) is 0. The van der Waals surface area contributed by atoms with Gasteiger partial charge >= 0.3 is 0 Å². The zero-order valence-electron chi connectivity index (χ0n) is 15.0. The van der Waals surface area contributed by atoms with Crippen molar-refractivity contribution in [2.24, 2.45) is 11.3 Å². The fourth-order valence-electron chi connectivity index (χ4n) is 4.12. The Labute approximate surface area is 146 Å². The van der Waals surface area contributed by atoms with Crippen LogP contribution in [-0.2, 0) is 14.8 Å². The molecular formula is C17H31N3O3S. The number of carbonyl (C=O) groups is 1. The predicted molar refractivity (Wildman–Crippen MR) is 94.1 cm³/mol. The lowest BCUT2D eigenvalue weighted by atomic mass is 9.78. The van der Waals surface area contributed by atoms with Crippen molar-refractivity contribution >= 4 is 15.9 Å². The van der Waals surface area contributed by atoms with Crippen molar-refractivity contribution < 1.29 is 13.2 Å². The zero-order valence-corrected chi connectivity index (χ0v) is 15.9. The molecule has 3 fully saturated rings. The maximum atomic E-state index is 13.0. The van der Waals surface area contributed by atoms with E-state index in [1.165, 1.54) is 17.1 Å². The molecule has 1 aliphatic carbocycles. The van der Waals surface area contributed by atoms with Crippen molar-refractivity contribution in [1.29, 1.82) is 0 Å². The monoisotopic (exact) mass is 357 g/mol. The molecule has 0 aromatic carbocycles. The highest BCUT2D eigenvalue weighted by Crippen LogP contribution is 2.41. The van der Waals surface area contributed by atoms with E-state index in [0.29, 0.717) is 12.3 Å². The second-order valence-electron chi connectivity index (χ2n) is 8.06. The summed E-state index contributed by atoms with van der Waals surface area (Å²) >= 11 is 0. The van der Waals surface area contributed by atoms with E-state index >= 15 is 0 Å². The van der Waals surface area contributed by atoms with Crippen LogP contribution in [0.2, 0.25) is 0 Å². The summed E-state index contributed by atoms with van der Waals surface area (Å²) in [7, 11) is 0.0395. The lowest BCUT2D eigenvalue weighted by Gasteiger charge is -2.39. The Morgan fingerprint density at radius 1 is 1.21 bits per heavy atom. The summed E-state index contributed by atoms with van der Waals surface area (Å²) in [5, 5.41) is 0. The first kappa shape index (κ1) is 18.1. The van der Waals surface area contributed by atoms with Gasteiger partial charge in [-0.15, -0.1) is 0 Å². The van der Waals surface area contributed by atoms with Gasteiger partial charge < -0.3 is 9.80 Å². The Morgan fingerprint density at radius 2 is 1.96 bits per heavy atom. The molecule has 2 saturated heterocycles. The summed E-state index contributed by atoms with van der Waals surface area (Å²) in [6.07, 6.45) is 6.25. The number of carbonyl (C=O) groups excluding carboxylic acids is 1. The van der Waals surface area contributed by atoms with E-state index in [1.54, 1.807) is 14.1 Å². The van der Waals surface area contributed by atoms with E-state index in [1.807, 2.05) is 0 Å². The third-order valence-electron chi connectivity index (χ3n) is 5.87. The molecule has 1 atom stereocenters. The van der Waals surface area contributed by atoms with Crippen LogP contribution in [0, 0.1) is 11.3 Å². The fourth-order valence-corrected chi connectivity index (χ4v) is 4.98. The molecule has 7 heteroatoms. The Morgan fingerprint density at radius 3 is 2.62 bits per heavy atom. The SMILES string of the molecule is CN(C)S(=O)(=O)CCCN1CC[C@]2(CCCN(CC3CC3)C2=O)C1. The van der Waals surface area contributed by atoms with Crippen molar-refractivity contribution in [2.75, 3.05) is 52.6 Å². The van der Waals surface area contributed by atoms with Crippen molar-refractivity contribution in [2.45, 2.75) is 38.5 Å². The maximum Gasteiger partial charge on any atom is 0.230 e. The van der Waals surface area contributed by atoms with Gasteiger partial charge in [0.05, 0.1) is 11.2 Å². The molecule has 2 heterocycles. The van der Waals surface area contributed by atoms with Gasteiger partial charge in [-0.05, 0) is 57.5 Å².